The fraction of sp³-hybridized carbons (Fsp3) is 0.667. The van der Waals surface area contributed by atoms with Crippen LogP contribution in [0.4, 0.5) is 0 Å². The van der Waals surface area contributed by atoms with Gasteiger partial charge in [-0.2, -0.15) is 0 Å². The highest BCUT2D eigenvalue weighted by atomic mass is 16.5. The molecule has 1 aromatic rings. The van der Waals surface area contributed by atoms with E-state index in [1.807, 2.05) is 18.2 Å². The molecular formula is C21H30N2O3. The average Bonchev–Trinajstić information content (AvgIpc) is 3.06. The van der Waals surface area contributed by atoms with E-state index in [0.717, 1.165) is 51.9 Å². The molecule has 3 fully saturated rings. The zero-order valence-corrected chi connectivity index (χ0v) is 15.4. The Balaban J connectivity index is 1.16. The molecule has 0 bridgehead atoms. The van der Waals surface area contributed by atoms with E-state index < -0.39 is 0 Å². The zero-order chi connectivity index (χ0) is 17.8. The lowest BCUT2D eigenvalue weighted by molar-refractivity contribution is -0.134. The van der Waals surface area contributed by atoms with Crippen LogP contribution in [0.2, 0.25) is 0 Å². The van der Waals surface area contributed by atoms with Crippen LogP contribution in [0.1, 0.15) is 37.7 Å². The number of piperidine rings is 1. The number of nitrogens with zero attached hydrogens (tertiary/aromatic N) is 1. The average molecular weight is 358 g/mol. The molecule has 3 aliphatic rings. The Kier molecular flexibility index (Phi) is 5.88. The molecule has 5 nitrogen and oxygen atoms in total. The lowest BCUT2D eigenvalue weighted by atomic mass is 9.90. The Labute approximate surface area is 156 Å². The molecule has 1 aliphatic carbocycles. The SMILES string of the molecule is O=C(NC1CCC1)[C@@H]1C[C@@H]2CCN(CCOCc3ccccc3)C[C@@H]2O1. The van der Waals surface area contributed by atoms with Gasteiger partial charge in [0, 0.05) is 19.1 Å². The normalized spacial score (nSPS) is 29.2. The minimum absolute atomic E-state index is 0.113. The fourth-order valence-electron chi connectivity index (χ4n) is 4.17. The third-order valence-corrected chi connectivity index (χ3v) is 6.04. The maximum atomic E-state index is 12.3. The fourth-order valence-corrected chi connectivity index (χ4v) is 4.17. The van der Waals surface area contributed by atoms with Crippen molar-refractivity contribution in [2.75, 3.05) is 26.2 Å². The van der Waals surface area contributed by atoms with Crippen LogP contribution >= 0.6 is 0 Å². The Morgan fingerprint density at radius 1 is 1.23 bits per heavy atom. The van der Waals surface area contributed by atoms with Crippen LogP contribution in [-0.4, -0.2) is 55.3 Å². The summed E-state index contributed by atoms with van der Waals surface area (Å²) < 4.78 is 11.9. The zero-order valence-electron chi connectivity index (χ0n) is 15.4. The van der Waals surface area contributed by atoms with Gasteiger partial charge in [-0.25, -0.2) is 0 Å². The largest absolute Gasteiger partial charge is 0.375 e. The summed E-state index contributed by atoms with van der Waals surface area (Å²) in [6, 6.07) is 10.7. The van der Waals surface area contributed by atoms with Gasteiger partial charge >= 0.3 is 0 Å². The van der Waals surface area contributed by atoms with Crippen LogP contribution in [0.15, 0.2) is 30.3 Å². The second-order valence-corrected chi connectivity index (χ2v) is 7.92. The number of fused-ring (bicyclic) bond motifs is 1. The van der Waals surface area contributed by atoms with Crippen molar-refractivity contribution in [1.29, 1.82) is 0 Å². The molecular weight excluding hydrogens is 328 g/mol. The molecule has 0 unspecified atom stereocenters. The van der Waals surface area contributed by atoms with Gasteiger partial charge in [0.2, 0.25) is 5.91 Å². The van der Waals surface area contributed by atoms with Crippen LogP contribution in [0, 0.1) is 5.92 Å². The van der Waals surface area contributed by atoms with E-state index in [2.05, 4.69) is 22.3 Å². The lowest BCUT2D eigenvalue weighted by Gasteiger charge is -2.33. The Morgan fingerprint density at radius 3 is 2.85 bits per heavy atom. The summed E-state index contributed by atoms with van der Waals surface area (Å²) in [4.78, 5) is 14.8. The maximum absolute atomic E-state index is 12.3. The van der Waals surface area contributed by atoms with Crippen LogP contribution in [0.25, 0.3) is 0 Å². The molecule has 1 amide bonds. The first-order valence-corrected chi connectivity index (χ1v) is 10.1. The number of rotatable bonds is 7. The topological polar surface area (TPSA) is 50.8 Å². The lowest BCUT2D eigenvalue weighted by Crippen LogP contribution is -2.45. The highest BCUT2D eigenvalue weighted by Crippen LogP contribution is 2.33. The van der Waals surface area contributed by atoms with Crippen LogP contribution in [0.3, 0.4) is 0 Å². The first-order valence-electron chi connectivity index (χ1n) is 10.1. The first-order chi connectivity index (χ1) is 12.8. The van der Waals surface area contributed by atoms with Crippen LogP contribution in [0.5, 0.6) is 0 Å². The van der Waals surface area contributed by atoms with Crippen molar-refractivity contribution >= 4 is 5.91 Å². The quantitative estimate of drug-likeness (QED) is 0.760. The van der Waals surface area contributed by atoms with Crippen molar-refractivity contribution in [3.05, 3.63) is 35.9 Å². The third kappa shape index (κ3) is 4.45. The van der Waals surface area contributed by atoms with Crippen molar-refractivity contribution in [2.45, 2.75) is 57.0 Å². The summed E-state index contributed by atoms with van der Waals surface area (Å²) in [5, 5.41) is 3.14. The van der Waals surface area contributed by atoms with E-state index >= 15 is 0 Å². The van der Waals surface area contributed by atoms with Gasteiger partial charge in [0.1, 0.15) is 6.10 Å². The Morgan fingerprint density at radius 2 is 2.08 bits per heavy atom. The molecule has 1 aromatic carbocycles. The number of amides is 1. The molecule has 0 radical (unpaired) electrons. The molecule has 5 heteroatoms. The number of hydrogen-bond acceptors (Lipinski definition) is 4. The molecule has 3 atom stereocenters. The van der Waals surface area contributed by atoms with Crippen molar-refractivity contribution < 1.29 is 14.3 Å². The van der Waals surface area contributed by atoms with Gasteiger partial charge in [0.15, 0.2) is 0 Å². The van der Waals surface area contributed by atoms with E-state index in [4.69, 9.17) is 9.47 Å². The highest BCUT2D eigenvalue weighted by Gasteiger charge is 2.42. The second kappa shape index (κ2) is 8.51. The molecule has 2 saturated heterocycles. The van der Waals surface area contributed by atoms with E-state index in [9.17, 15) is 4.79 Å². The Bertz CT molecular complexity index is 590. The standard InChI is InChI=1S/C21H30N2O3/c24-21(22-18-7-4-8-18)19-13-17-9-10-23(14-20(17)26-19)11-12-25-15-16-5-2-1-3-6-16/h1-3,5-6,17-20H,4,7-15H2,(H,22,24)/t17-,19-,20-/m0/s1. The van der Waals surface area contributed by atoms with E-state index in [-0.39, 0.29) is 18.1 Å². The van der Waals surface area contributed by atoms with Crippen LogP contribution < -0.4 is 5.32 Å². The molecule has 2 heterocycles. The van der Waals surface area contributed by atoms with Gasteiger partial charge in [0.05, 0.1) is 19.3 Å². The minimum atomic E-state index is -0.236. The van der Waals surface area contributed by atoms with Crippen molar-refractivity contribution in [3.63, 3.8) is 0 Å². The summed E-state index contributed by atoms with van der Waals surface area (Å²) in [6.07, 6.45) is 5.47. The van der Waals surface area contributed by atoms with E-state index in [0.29, 0.717) is 18.6 Å². The molecule has 0 spiro atoms. The summed E-state index contributed by atoms with van der Waals surface area (Å²) >= 11 is 0. The highest BCUT2D eigenvalue weighted by molar-refractivity contribution is 5.81. The van der Waals surface area contributed by atoms with Gasteiger partial charge < -0.3 is 14.8 Å². The van der Waals surface area contributed by atoms with E-state index in [1.54, 1.807) is 0 Å². The summed E-state index contributed by atoms with van der Waals surface area (Å²) in [6.45, 7) is 4.33. The number of hydrogen-bond donors (Lipinski definition) is 1. The monoisotopic (exact) mass is 358 g/mol. The van der Waals surface area contributed by atoms with Crippen molar-refractivity contribution in [1.82, 2.24) is 10.2 Å². The smallest absolute Gasteiger partial charge is 0.249 e. The molecule has 2 aliphatic heterocycles. The van der Waals surface area contributed by atoms with Gasteiger partial charge in [-0.3, -0.25) is 9.69 Å². The second-order valence-electron chi connectivity index (χ2n) is 7.92. The molecule has 1 saturated carbocycles. The number of likely N-dealkylation sites (tertiary alicyclic amines) is 1. The van der Waals surface area contributed by atoms with Crippen LogP contribution in [-0.2, 0) is 20.9 Å². The third-order valence-electron chi connectivity index (χ3n) is 6.04. The number of ether oxygens (including phenoxy) is 2. The molecule has 0 aromatic heterocycles. The van der Waals surface area contributed by atoms with Gasteiger partial charge in [-0.1, -0.05) is 30.3 Å². The van der Waals surface area contributed by atoms with Crippen molar-refractivity contribution in [3.8, 4) is 0 Å². The number of benzene rings is 1. The molecule has 1 N–H and O–H groups in total. The minimum Gasteiger partial charge on any atom is -0.375 e. The molecule has 4 rings (SSSR count). The van der Waals surface area contributed by atoms with Gasteiger partial charge in [0.25, 0.3) is 0 Å². The van der Waals surface area contributed by atoms with Crippen molar-refractivity contribution in [2.24, 2.45) is 5.92 Å². The maximum Gasteiger partial charge on any atom is 0.249 e. The Hall–Kier alpha value is -1.43. The summed E-state index contributed by atoms with van der Waals surface area (Å²) in [5.74, 6) is 0.649. The van der Waals surface area contributed by atoms with Gasteiger partial charge in [-0.05, 0) is 50.1 Å². The molecule has 142 valence electrons. The predicted molar refractivity (Wildman–Crippen MR) is 99.7 cm³/mol. The summed E-state index contributed by atoms with van der Waals surface area (Å²) in [7, 11) is 0. The number of carbonyl (C=O) groups excluding carboxylic acids is 1. The van der Waals surface area contributed by atoms with E-state index in [1.165, 1.54) is 12.0 Å². The number of nitrogens with one attached hydrogen (secondary N) is 1. The predicted octanol–water partition coefficient (Wildman–Crippen LogP) is 2.35. The van der Waals surface area contributed by atoms with Gasteiger partial charge in [-0.15, -0.1) is 0 Å². The first kappa shape index (κ1) is 18.0. The number of carbonyl (C=O) groups is 1. The summed E-state index contributed by atoms with van der Waals surface area (Å²) in [5.41, 5.74) is 1.21. The molecule has 26 heavy (non-hydrogen) atoms.